The summed E-state index contributed by atoms with van der Waals surface area (Å²) in [4.78, 5) is 6.67. The molecule has 3 rings (SSSR count). The highest BCUT2D eigenvalue weighted by Gasteiger charge is 2.08. The summed E-state index contributed by atoms with van der Waals surface area (Å²) in [6, 6.07) is 15.7. The number of fused-ring (bicyclic) bond motifs is 1. The molecule has 0 aliphatic carbocycles. The zero-order valence-electron chi connectivity index (χ0n) is 12.7. The third kappa shape index (κ3) is 3.00. The highest BCUT2D eigenvalue weighted by molar-refractivity contribution is 5.80. The topological polar surface area (TPSA) is 53.1 Å². The van der Waals surface area contributed by atoms with E-state index in [0.717, 1.165) is 41.1 Å². The number of oxazole rings is 1. The Balaban J connectivity index is 1.90. The van der Waals surface area contributed by atoms with Crippen molar-refractivity contribution in [2.24, 2.45) is 0 Å². The van der Waals surface area contributed by atoms with Gasteiger partial charge in [0, 0.05) is 13.0 Å². The van der Waals surface area contributed by atoms with Crippen LogP contribution < -0.4 is 0 Å². The fourth-order valence-corrected chi connectivity index (χ4v) is 2.32. The Hall–Kier alpha value is -2.64. The van der Waals surface area contributed by atoms with Gasteiger partial charge in [0.1, 0.15) is 5.52 Å². The van der Waals surface area contributed by atoms with Crippen LogP contribution in [0, 0.1) is 11.3 Å². The maximum absolute atomic E-state index is 8.86. The number of hydrogen-bond acceptors (Lipinski definition) is 4. The molecule has 4 nitrogen and oxygen atoms in total. The molecular weight excluding hydrogens is 274 g/mol. The Labute approximate surface area is 129 Å². The highest BCUT2D eigenvalue weighted by atomic mass is 16.3. The maximum Gasteiger partial charge on any atom is 0.196 e. The van der Waals surface area contributed by atoms with Crippen LogP contribution in [0.1, 0.15) is 11.5 Å². The zero-order chi connectivity index (χ0) is 15.5. The summed E-state index contributed by atoms with van der Waals surface area (Å²) in [6.07, 6.45) is 0.799. The first kappa shape index (κ1) is 14.3. The van der Waals surface area contributed by atoms with Crippen molar-refractivity contribution in [1.82, 2.24) is 9.88 Å². The molecule has 1 aromatic heterocycles. The Morgan fingerprint density at radius 3 is 2.50 bits per heavy atom. The Morgan fingerprint density at radius 1 is 1.09 bits per heavy atom. The lowest BCUT2D eigenvalue weighted by atomic mass is 10.0. The third-order valence-electron chi connectivity index (χ3n) is 3.55. The van der Waals surface area contributed by atoms with Gasteiger partial charge >= 0.3 is 0 Å². The predicted molar refractivity (Wildman–Crippen MR) is 86.4 cm³/mol. The summed E-state index contributed by atoms with van der Waals surface area (Å²) >= 11 is 0. The minimum atomic E-state index is 0.664. The molecule has 0 aliphatic rings. The minimum Gasteiger partial charge on any atom is -0.441 e. The summed E-state index contributed by atoms with van der Waals surface area (Å²) in [5.41, 5.74) is 4.49. The summed E-state index contributed by atoms with van der Waals surface area (Å²) in [5, 5.41) is 8.86. The number of aromatic nitrogens is 1. The SMILES string of the molecule is CN(C)CCc1nc2cc(-c3ccc(C#N)cc3)ccc2o1. The van der Waals surface area contributed by atoms with E-state index in [-0.39, 0.29) is 0 Å². The maximum atomic E-state index is 8.86. The second-order valence-corrected chi connectivity index (χ2v) is 5.53. The van der Waals surface area contributed by atoms with Crippen LogP contribution in [0.4, 0.5) is 0 Å². The van der Waals surface area contributed by atoms with E-state index in [1.165, 1.54) is 0 Å². The van der Waals surface area contributed by atoms with Crippen molar-refractivity contribution in [3.63, 3.8) is 0 Å². The third-order valence-corrected chi connectivity index (χ3v) is 3.55. The van der Waals surface area contributed by atoms with Crippen LogP contribution in [0.2, 0.25) is 0 Å². The van der Waals surface area contributed by atoms with Crippen molar-refractivity contribution >= 4 is 11.1 Å². The normalized spacial score (nSPS) is 11.0. The summed E-state index contributed by atoms with van der Waals surface area (Å²) in [5.74, 6) is 0.765. The van der Waals surface area contributed by atoms with E-state index >= 15 is 0 Å². The van der Waals surface area contributed by atoms with Gasteiger partial charge in [0.2, 0.25) is 0 Å². The van der Waals surface area contributed by atoms with E-state index in [1.807, 2.05) is 56.6 Å². The minimum absolute atomic E-state index is 0.664. The average molecular weight is 291 g/mol. The molecular formula is C18H17N3O. The number of rotatable bonds is 4. The van der Waals surface area contributed by atoms with Crippen LogP contribution in [0.15, 0.2) is 46.9 Å². The largest absolute Gasteiger partial charge is 0.441 e. The Kier molecular flexibility index (Phi) is 3.90. The van der Waals surface area contributed by atoms with Gasteiger partial charge in [-0.1, -0.05) is 18.2 Å². The smallest absolute Gasteiger partial charge is 0.196 e. The lowest BCUT2D eigenvalue weighted by molar-refractivity contribution is 0.390. The molecule has 0 fully saturated rings. The lowest BCUT2D eigenvalue weighted by Gasteiger charge is -2.05. The van der Waals surface area contributed by atoms with E-state index in [0.29, 0.717) is 5.56 Å². The average Bonchev–Trinajstić information content (AvgIpc) is 2.95. The van der Waals surface area contributed by atoms with E-state index in [2.05, 4.69) is 16.0 Å². The molecule has 2 aromatic carbocycles. The van der Waals surface area contributed by atoms with Crippen molar-refractivity contribution in [3.8, 4) is 17.2 Å². The molecule has 0 bridgehead atoms. The van der Waals surface area contributed by atoms with Crippen LogP contribution in [0.3, 0.4) is 0 Å². The van der Waals surface area contributed by atoms with Crippen molar-refractivity contribution in [1.29, 1.82) is 5.26 Å². The standard InChI is InChI=1S/C18H17N3O/c1-21(2)10-9-18-20-16-11-15(7-8-17(16)22-18)14-5-3-13(12-19)4-6-14/h3-8,11H,9-10H2,1-2H3. The molecule has 0 atom stereocenters. The first-order valence-electron chi connectivity index (χ1n) is 7.20. The molecule has 4 heteroatoms. The molecule has 22 heavy (non-hydrogen) atoms. The van der Waals surface area contributed by atoms with Crippen molar-refractivity contribution in [2.75, 3.05) is 20.6 Å². The predicted octanol–water partition coefficient (Wildman–Crippen LogP) is 3.47. The quantitative estimate of drug-likeness (QED) is 0.738. The zero-order valence-corrected chi connectivity index (χ0v) is 12.7. The van der Waals surface area contributed by atoms with Gasteiger partial charge in [-0.05, 0) is 49.5 Å². The van der Waals surface area contributed by atoms with Gasteiger partial charge in [-0.2, -0.15) is 5.26 Å². The molecule has 1 heterocycles. The molecule has 3 aromatic rings. The van der Waals surface area contributed by atoms with Gasteiger partial charge in [-0.3, -0.25) is 0 Å². The van der Waals surface area contributed by atoms with Crippen LogP contribution >= 0.6 is 0 Å². The second kappa shape index (κ2) is 6.00. The van der Waals surface area contributed by atoms with Crippen LogP contribution in [-0.4, -0.2) is 30.5 Å². The van der Waals surface area contributed by atoms with Gasteiger partial charge < -0.3 is 9.32 Å². The van der Waals surface area contributed by atoms with Gasteiger partial charge in [0.05, 0.1) is 11.6 Å². The van der Waals surface area contributed by atoms with Crippen LogP contribution in [0.5, 0.6) is 0 Å². The monoisotopic (exact) mass is 291 g/mol. The molecule has 0 N–H and O–H groups in total. The molecule has 0 spiro atoms. The summed E-state index contributed by atoms with van der Waals surface area (Å²) in [6.45, 7) is 0.912. The molecule has 0 unspecified atom stereocenters. The van der Waals surface area contributed by atoms with Gasteiger partial charge in [-0.15, -0.1) is 0 Å². The fraction of sp³-hybridized carbons (Fsp3) is 0.222. The van der Waals surface area contributed by atoms with E-state index in [9.17, 15) is 0 Å². The first-order valence-corrected chi connectivity index (χ1v) is 7.20. The number of hydrogen-bond donors (Lipinski definition) is 0. The molecule has 0 amide bonds. The number of likely N-dealkylation sites (N-methyl/N-ethyl adjacent to an activating group) is 1. The van der Waals surface area contributed by atoms with Gasteiger partial charge in [-0.25, -0.2) is 4.98 Å². The first-order chi connectivity index (χ1) is 10.7. The molecule has 110 valence electrons. The van der Waals surface area contributed by atoms with E-state index in [4.69, 9.17) is 9.68 Å². The highest BCUT2D eigenvalue weighted by Crippen LogP contribution is 2.25. The Morgan fingerprint density at radius 2 is 1.82 bits per heavy atom. The fourth-order valence-electron chi connectivity index (χ4n) is 2.32. The molecule has 0 saturated carbocycles. The lowest BCUT2D eigenvalue weighted by Crippen LogP contribution is -2.15. The molecule has 0 saturated heterocycles. The number of benzene rings is 2. The van der Waals surface area contributed by atoms with Crippen LogP contribution in [0.25, 0.3) is 22.2 Å². The second-order valence-electron chi connectivity index (χ2n) is 5.53. The van der Waals surface area contributed by atoms with Gasteiger partial charge in [0.15, 0.2) is 11.5 Å². The number of nitrogens with zero attached hydrogens (tertiary/aromatic N) is 3. The Bertz CT molecular complexity index is 826. The van der Waals surface area contributed by atoms with E-state index < -0.39 is 0 Å². The number of nitriles is 1. The van der Waals surface area contributed by atoms with Gasteiger partial charge in [0.25, 0.3) is 0 Å². The van der Waals surface area contributed by atoms with E-state index in [1.54, 1.807) is 0 Å². The van der Waals surface area contributed by atoms with Crippen molar-refractivity contribution < 1.29 is 4.42 Å². The molecule has 0 aliphatic heterocycles. The van der Waals surface area contributed by atoms with Crippen molar-refractivity contribution in [3.05, 3.63) is 53.9 Å². The summed E-state index contributed by atoms with van der Waals surface area (Å²) < 4.78 is 5.76. The van der Waals surface area contributed by atoms with Crippen molar-refractivity contribution in [2.45, 2.75) is 6.42 Å². The summed E-state index contributed by atoms with van der Waals surface area (Å²) in [7, 11) is 4.07. The molecule has 0 radical (unpaired) electrons. The van der Waals surface area contributed by atoms with Crippen LogP contribution in [-0.2, 0) is 6.42 Å².